The summed E-state index contributed by atoms with van der Waals surface area (Å²) >= 11 is 0. The van der Waals surface area contributed by atoms with Crippen LogP contribution in [0.4, 0.5) is 18.0 Å². The number of hydrogen-bond acceptors (Lipinski definition) is 7. The number of Topliss-reactive ketones (excluding diaryl/α,β-unsaturated/α-hetero) is 1. The number of carboxylic acids is 2. The van der Waals surface area contributed by atoms with E-state index in [1.807, 2.05) is 0 Å². The average molecular weight is 678 g/mol. The molecule has 3 N–H and O–H groups in total. The van der Waals surface area contributed by atoms with Crippen molar-refractivity contribution >= 4 is 39.9 Å². The van der Waals surface area contributed by atoms with Gasteiger partial charge in [-0.1, -0.05) is 30.4 Å². The molecule has 3 aromatic rings. The number of rotatable bonds is 8. The smallest absolute Gasteiger partial charge is 0.416 e. The summed E-state index contributed by atoms with van der Waals surface area (Å²) in [6.45, 7) is 2.41. The molecule has 0 saturated carbocycles. The Labute approximate surface area is 267 Å². The van der Waals surface area contributed by atoms with Crippen LogP contribution < -0.4 is 0 Å². The molecule has 1 aliphatic rings. The van der Waals surface area contributed by atoms with Crippen LogP contribution in [-0.2, 0) is 16.2 Å². The molecule has 2 heterocycles. The van der Waals surface area contributed by atoms with Gasteiger partial charge in [0.2, 0.25) is 10.0 Å². The van der Waals surface area contributed by atoms with Crippen molar-refractivity contribution in [3.8, 4) is 0 Å². The number of aryl methyl sites for hydroxylation is 1. The summed E-state index contributed by atoms with van der Waals surface area (Å²) < 4.78 is 64.7. The molecule has 16 heteroatoms. The number of benzene rings is 2. The monoisotopic (exact) mass is 677 g/mol. The number of hydrogen-bond donors (Lipinski definition) is 3. The zero-order valence-corrected chi connectivity index (χ0v) is 25.8. The van der Waals surface area contributed by atoms with Gasteiger partial charge in [-0.25, -0.2) is 22.8 Å². The number of carbonyl (C=O) groups is 4. The quantitative estimate of drug-likeness (QED) is 0.283. The average Bonchev–Trinajstić information content (AvgIpc) is 3.00. The van der Waals surface area contributed by atoms with Gasteiger partial charge >= 0.3 is 24.2 Å². The predicted molar refractivity (Wildman–Crippen MR) is 163 cm³/mol. The van der Waals surface area contributed by atoms with Crippen LogP contribution >= 0.6 is 0 Å². The third-order valence-corrected chi connectivity index (χ3v) is 8.94. The van der Waals surface area contributed by atoms with Crippen molar-refractivity contribution in [2.45, 2.75) is 26.1 Å². The maximum Gasteiger partial charge on any atom is 0.416 e. The van der Waals surface area contributed by atoms with E-state index in [0.717, 1.165) is 21.3 Å². The second kappa shape index (κ2) is 15.0. The van der Waals surface area contributed by atoms with E-state index in [4.69, 9.17) is 10.2 Å². The number of carboxylic acid groups (broad SMARTS) is 3. The molecule has 1 aromatic heterocycles. The van der Waals surface area contributed by atoms with Crippen molar-refractivity contribution in [3.63, 3.8) is 0 Å². The van der Waals surface area contributed by atoms with Crippen molar-refractivity contribution in [2.75, 3.05) is 25.4 Å². The van der Waals surface area contributed by atoms with Crippen molar-refractivity contribution in [1.29, 1.82) is 0 Å². The van der Waals surface area contributed by atoms with Gasteiger partial charge in [-0.3, -0.25) is 14.7 Å². The molecular weight excluding hydrogens is 647 g/mol. The summed E-state index contributed by atoms with van der Waals surface area (Å²) in [6.07, 6.45) is -1.64. The second-order valence-corrected chi connectivity index (χ2v) is 12.3. The fourth-order valence-corrected chi connectivity index (χ4v) is 5.96. The number of carbonyl (C=O) groups excluding carboxylic acids is 1. The van der Waals surface area contributed by atoms with Crippen LogP contribution in [-0.4, -0.2) is 93.2 Å². The zero-order valence-electron chi connectivity index (χ0n) is 25.0. The number of sulfonamides is 1. The fraction of sp³-hybridized carbons (Fsp3) is 0.258. The van der Waals surface area contributed by atoms with Crippen molar-refractivity contribution in [3.05, 3.63) is 106 Å². The largest absolute Gasteiger partial charge is 0.478 e. The lowest BCUT2D eigenvalue weighted by Gasteiger charge is -2.38. The van der Waals surface area contributed by atoms with Gasteiger partial charge in [-0.2, -0.15) is 17.5 Å². The van der Waals surface area contributed by atoms with Gasteiger partial charge < -0.3 is 15.3 Å². The highest BCUT2D eigenvalue weighted by Crippen LogP contribution is 2.29. The number of halogens is 3. The predicted octanol–water partition coefficient (Wildman–Crippen LogP) is 4.69. The normalized spacial score (nSPS) is 15.5. The topological polar surface area (TPSA) is 182 Å². The minimum atomic E-state index is -4.47. The second-order valence-electron chi connectivity index (χ2n) is 10.2. The molecule has 0 aliphatic carbocycles. The first-order chi connectivity index (χ1) is 21.9. The van der Waals surface area contributed by atoms with Crippen LogP contribution in [0.25, 0.3) is 6.08 Å². The summed E-state index contributed by atoms with van der Waals surface area (Å²) in [5.41, 5.74) is 0.520. The summed E-state index contributed by atoms with van der Waals surface area (Å²) in [6, 6.07) is 10.2. The van der Waals surface area contributed by atoms with Crippen LogP contribution in [0.3, 0.4) is 0 Å². The van der Waals surface area contributed by atoms with Crippen LogP contribution in [0, 0.1) is 13.8 Å². The highest BCUT2D eigenvalue weighted by Gasteiger charge is 2.39. The molecule has 250 valence electrons. The molecular formula is C31H30F3N3O9S. The molecule has 0 spiro atoms. The van der Waals surface area contributed by atoms with Gasteiger partial charge in [0.15, 0.2) is 5.78 Å². The van der Waals surface area contributed by atoms with Crippen molar-refractivity contribution < 1.29 is 56.1 Å². The van der Waals surface area contributed by atoms with Gasteiger partial charge in [0.05, 0.1) is 22.4 Å². The van der Waals surface area contributed by atoms with E-state index < -0.39 is 57.4 Å². The molecule has 1 fully saturated rings. The molecule has 0 radical (unpaired) electrons. The van der Waals surface area contributed by atoms with E-state index in [1.54, 1.807) is 6.92 Å². The maximum atomic E-state index is 13.0. The number of ketones is 1. The Morgan fingerprint density at radius 2 is 1.47 bits per heavy atom. The van der Waals surface area contributed by atoms with E-state index in [9.17, 15) is 45.9 Å². The molecule has 47 heavy (non-hydrogen) atoms. The number of aromatic nitrogens is 1. The van der Waals surface area contributed by atoms with Gasteiger partial charge in [-0.05, 0) is 61.4 Å². The molecule has 1 unspecified atom stereocenters. The van der Waals surface area contributed by atoms with Crippen LogP contribution in [0.15, 0.2) is 66.9 Å². The first-order valence-corrected chi connectivity index (χ1v) is 15.4. The Kier molecular flexibility index (Phi) is 11.6. The third kappa shape index (κ3) is 9.23. The van der Waals surface area contributed by atoms with E-state index in [0.29, 0.717) is 11.3 Å². The number of pyridine rings is 1. The Hall–Kier alpha value is -5.09. The number of amides is 1. The number of alkyl halides is 3. The van der Waals surface area contributed by atoms with Crippen LogP contribution in [0.2, 0.25) is 0 Å². The number of piperazine rings is 1. The lowest BCUT2D eigenvalue weighted by atomic mass is 10.0. The lowest BCUT2D eigenvalue weighted by molar-refractivity contribution is -0.137. The Morgan fingerprint density at radius 1 is 0.894 bits per heavy atom. The van der Waals surface area contributed by atoms with Crippen LogP contribution in [0.1, 0.15) is 53.5 Å². The first kappa shape index (κ1) is 36.4. The summed E-state index contributed by atoms with van der Waals surface area (Å²) in [5, 5.41) is 26.9. The van der Waals surface area contributed by atoms with Crippen molar-refractivity contribution in [2.24, 2.45) is 0 Å². The molecule has 2 aromatic carbocycles. The minimum absolute atomic E-state index is 0.0277. The molecule has 4 rings (SSSR count). The van der Waals surface area contributed by atoms with E-state index in [-0.39, 0.29) is 41.9 Å². The first-order valence-electron chi connectivity index (χ1n) is 13.8. The summed E-state index contributed by atoms with van der Waals surface area (Å²) in [4.78, 5) is 50.9. The highest BCUT2D eigenvalue weighted by atomic mass is 32.2. The molecule has 1 aliphatic heterocycles. The Morgan fingerprint density at radius 3 is 1.98 bits per heavy atom. The summed E-state index contributed by atoms with van der Waals surface area (Å²) in [7, 11) is -3.91. The highest BCUT2D eigenvalue weighted by molar-refractivity contribution is 7.89. The SMILES string of the molecule is Cc1c(C(=O)O)cccc1C(=O)O.Cc1ncccc1C(=O)C1CN(S(=O)(=O)CC=Cc2ccc(C(F)(F)F)cc2)CCN1C(=O)O. The lowest BCUT2D eigenvalue weighted by Crippen LogP contribution is -2.59. The Bertz CT molecular complexity index is 1760. The van der Waals surface area contributed by atoms with E-state index in [1.165, 1.54) is 67.7 Å². The van der Waals surface area contributed by atoms with Gasteiger partial charge in [0.25, 0.3) is 0 Å². The molecule has 1 atom stereocenters. The molecule has 1 saturated heterocycles. The number of nitrogens with zero attached hydrogens (tertiary/aromatic N) is 3. The van der Waals surface area contributed by atoms with Crippen molar-refractivity contribution in [1.82, 2.24) is 14.2 Å². The standard InChI is InChI=1S/C22H22F3N3O5S.C9H8O4/c1-15-18(5-2-10-26-15)20(29)19-14-27(11-12-28(19)21(30)31)34(32,33)13-3-4-16-6-8-17(9-7-16)22(23,24)25;1-5-6(8(10)11)3-2-4-7(5)9(12)13/h2-10,19H,11-14H2,1H3,(H,30,31);2-4H,1H3,(H,10,11)(H,12,13). The molecule has 0 bridgehead atoms. The van der Waals surface area contributed by atoms with E-state index >= 15 is 0 Å². The Balaban J connectivity index is 0.000000386. The van der Waals surface area contributed by atoms with Gasteiger partial charge in [0.1, 0.15) is 6.04 Å². The fourth-order valence-electron chi connectivity index (χ4n) is 4.68. The summed E-state index contributed by atoms with van der Waals surface area (Å²) in [5.74, 6) is -3.23. The van der Waals surface area contributed by atoms with Crippen LogP contribution in [0.5, 0.6) is 0 Å². The van der Waals surface area contributed by atoms with Gasteiger partial charge in [0, 0.05) is 37.1 Å². The minimum Gasteiger partial charge on any atom is -0.478 e. The molecule has 12 nitrogen and oxygen atoms in total. The maximum absolute atomic E-state index is 13.0. The molecule has 1 amide bonds. The zero-order chi connectivity index (χ0) is 35.1. The third-order valence-electron chi connectivity index (χ3n) is 7.21. The van der Waals surface area contributed by atoms with Gasteiger partial charge in [-0.15, -0.1) is 0 Å². The number of aromatic carboxylic acids is 2. The van der Waals surface area contributed by atoms with E-state index in [2.05, 4.69) is 4.98 Å².